The molecule has 3 heteroatoms. The highest BCUT2D eigenvalue weighted by Gasteiger charge is 2.26. The molecule has 0 aliphatic heterocycles. The van der Waals surface area contributed by atoms with E-state index in [4.69, 9.17) is 0 Å². The van der Waals surface area contributed by atoms with Crippen LogP contribution in [0.3, 0.4) is 0 Å². The Morgan fingerprint density at radius 2 is 1.82 bits per heavy atom. The number of hydrogen-bond donors (Lipinski definition) is 0. The van der Waals surface area contributed by atoms with Gasteiger partial charge in [0.2, 0.25) is 0 Å². The molecule has 0 unspecified atom stereocenters. The Labute approximate surface area is 119 Å². The zero-order chi connectivity index (χ0) is 12.4. The van der Waals surface area contributed by atoms with E-state index in [-0.39, 0.29) is 5.92 Å². The Kier molecular flexibility index (Phi) is 4.42. The molecular weight excluding hydrogens is 344 g/mol. The van der Waals surface area contributed by atoms with Crippen molar-refractivity contribution >= 4 is 37.6 Å². The molecular formula is C14H16Br2O. The molecule has 1 fully saturated rings. The molecule has 1 aromatic rings. The fraction of sp³-hybridized carbons (Fsp3) is 0.500. The largest absolute Gasteiger partial charge is 0.294 e. The second-order valence-corrected chi connectivity index (χ2v) is 6.72. The molecule has 0 aromatic heterocycles. The van der Waals surface area contributed by atoms with Crippen LogP contribution < -0.4 is 0 Å². The van der Waals surface area contributed by atoms with Crippen LogP contribution in [0.1, 0.15) is 43.0 Å². The van der Waals surface area contributed by atoms with Crippen molar-refractivity contribution < 1.29 is 4.79 Å². The molecule has 0 spiro atoms. The maximum Gasteiger partial charge on any atom is 0.167 e. The lowest BCUT2D eigenvalue weighted by Gasteiger charge is -2.25. The van der Waals surface area contributed by atoms with Crippen LogP contribution in [-0.2, 0) is 0 Å². The molecule has 0 N–H and O–H groups in total. The van der Waals surface area contributed by atoms with E-state index >= 15 is 0 Å². The normalized spacial score (nSPS) is 24.6. The number of carbonyl (C=O) groups excluding carboxylic acids is 1. The van der Waals surface area contributed by atoms with Gasteiger partial charge in [-0.15, -0.1) is 0 Å². The van der Waals surface area contributed by atoms with Crippen molar-refractivity contribution in [2.24, 2.45) is 11.8 Å². The summed E-state index contributed by atoms with van der Waals surface area (Å²) in [5.41, 5.74) is 0.818. The number of carbonyl (C=O) groups is 1. The average Bonchev–Trinajstić information content (AvgIpc) is 2.32. The summed E-state index contributed by atoms with van der Waals surface area (Å²) in [7, 11) is 0. The summed E-state index contributed by atoms with van der Waals surface area (Å²) in [4.78, 5) is 12.4. The first-order valence-corrected chi connectivity index (χ1v) is 7.66. The minimum absolute atomic E-state index is 0.219. The van der Waals surface area contributed by atoms with E-state index in [9.17, 15) is 4.79 Å². The summed E-state index contributed by atoms with van der Waals surface area (Å²) in [6.07, 6.45) is 4.45. The van der Waals surface area contributed by atoms with Crippen LogP contribution in [0.15, 0.2) is 27.1 Å². The molecule has 1 aliphatic carbocycles. The van der Waals surface area contributed by atoms with Crippen molar-refractivity contribution in [2.75, 3.05) is 0 Å². The summed E-state index contributed by atoms with van der Waals surface area (Å²) >= 11 is 6.89. The van der Waals surface area contributed by atoms with E-state index in [1.807, 2.05) is 18.2 Å². The van der Waals surface area contributed by atoms with Crippen LogP contribution in [0.2, 0.25) is 0 Å². The molecule has 2 rings (SSSR count). The van der Waals surface area contributed by atoms with Crippen LogP contribution in [-0.4, -0.2) is 5.78 Å². The van der Waals surface area contributed by atoms with E-state index < -0.39 is 0 Å². The van der Waals surface area contributed by atoms with E-state index in [1.54, 1.807) is 0 Å². The molecule has 0 bridgehead atoms. The Morgan fingerprint density at radius 1 is 1.18 bits per heavy atom. The van der Waals surface area contributed by atoms with E-state index in [0.717, 1.165) is 33.3 Å². The topological polar surface area (TPSA) is 17.1 Å². The third-order valence-electron chi connectivity index (χ3n) is 3.58. The second-order valence-electron chi connectivity index (χ2n) is 4.95. The Bertz CT molecular complexity index is 420. The Morgan fingerprint density at radius 3 is 2.47 bits per heavy atom. The lowest BCUT2D eigenvalue weighted by molar-refractivity contribution is 0.0875. The van der Waals surface area contributed by atoms with Crippen LogP contribution in [0.5, 0.6) is 0 Å². The SMILES string of the molecule is CC1CCC(C(=O)c2cc(Br)ccc2Br)CC1. The van der Waals surface area contributed by atoms with Crippen LogP contribution in [0.4, 0.5) is 0 Å². The van der Waals surface area contributed by atoms with Crippen molar-refractivity contribution in [1.82, 2.24) is 0 Å². The zero-order valence-electron chi connectivity index (χ0n) is 9.88. The number of benzene rings is 1. The van der Waals surface area contributed by atoms with Gasteiger partial charge >= 0.3 is 0 Å². The third-order valence-corrected chi connectivity index (χ3v) is 4.77. The lowest BCUT2D eigenvalue weighted by Crippen LogP contribution is -2.21. The summed E-state index contributed by atoms with van der Waals surface area (Å²) in [5.74, 6) is 1.30. The summed E-state index contributed by atoms with van der Waals surface area (Å²) in [6.45, 7) is 2.27. The first-order valence-electron chi connectivity index (χ1n) is 6.07. The highest BCUT2D eigenvalue weighted by Crippen LogP contribution is 2.33. The van der Waals surface area contributed by atoms with Crippen LogP contribution >= 0.6 is 31.9 Å². The van der Waals surface area contributed by atoms with Gasteiger partial charge in [-0.1, -0.05) is 51.6 Å². The van der Waals surface area contributed by atoms with Crippen molar-refractivity contribution in [1.29, 1.82) is 0 Å². The third kappa shape index (κ3) is 3.19. The van der Waals surface area contributed by atoms with Crippen LogP contribution in [0.25, 0.3) is 0 Å². The van der Waals surface area contributed by atoms with Crippen molar-refractivity contribution in [3.8, 4) is 0 Å². The van der Waals surface area contributed by atoms with Crippen molar-refractivity contribution in [3.05, 3.63) is 32.7 Å². The number of hydrogen-bond acceptors (Lipinski definition) is 1. The number of ketones is 1. The quantitative estimate of drug-likeness (QED) is 0.661. The van der Waals surface area contributed by atoms with Gasteiger partial charge in [0, 0.05) is 20.4 Å². The fourth-order valence-corrected chi connectivity index (χ4v) is 3.23. The predicted molar refractivity (Wildman–Crippen MR) is 77.3 cm³/mol. The molecule has 0 atom stereocenters. The number of Topliss-reactive ketones (excluding diaryl/α,β-unsaturated/α-hetero) is 1. The summed E-state index contributed by atoms with van der Waals surface area (Å²) in [5, 5.41) is 0. The summed E-state index contributed by atoms with van der Waals surface area (Å²) in [6, 6.07) is 5.80. The molecule has 0 saturated heterocycles. The van der Waals surface area contributed by atoms with Gasteiger partial charge in [-0.05, 0) is 37.0 Å². The molecule has 1 nitrogen and oxygen atoms in total. The van der Waals surface area contributed by atoms with E-state index in [1.165, 1.54) is 12.8 Å². The zero-order valence-corrected chi connectivity index (χ0v) is 13.1. The van der Waals surface area contributed by atoms with Crippen molar-refractivity contribution in [2.45, 2.75) is 32.6 Å². The van der Waals surface area contributed by atoms with Gasteiger partial charge in [-0.3, -0.25) is 4.79 Å². The highest BCUT2D eigenvalue weighted by molar-refractivity contribution is 9.11. The Hall–Kier alpha value is -0.150. The van der Waals surface area contributed by atoms with Gasteiger partial charge in [0.25, 0.3) is 0 Å². The van der Waals surface area contributed by atoms with Gasteiger partial charge in [-0.2, -0.15) is 0 Å². The second kappa shape index (κ2) is 5.66. The van der Waals surface area contributed by atoms with E-state index in [0.29, 0.717) is 5.78 Å². The molecule has 1 aromatic carbocycles. The minimum atomic E-state index is 0.219. The summed E-state index contributed by atoms with van der Waals surface area (Å²) < 4.78 is 1.87. The molecule has 17 heavy (non-hydrogen) atoms. The molecule has 0 heterocycles. The first kappa shape index (κ1) is 13.3. The fourth-order valence-electron chi connectivity index (χ4n) is 2.43. The van der Waals surface area contributed by atoms with E-state index in [2.05, 4.69) is 38.8 Å². The first-order chi connectivity index (χ1) is 8.08. The van der Waals surface area contributed by atoms with Gasteiger partial charge in [0.1, 0.15) is 0 Å². The minimum Gasteiger partial charge on any atom is -0.294 e. The standard InChI is InChI=1S/C14H16Br2O/c1-9-2-4-10(5-3-9)14(17)12-8-11(15)6-7-13(12)16/h6-10H,2-5H2,1H3. The smallest absolute Gasteiger partial charge is 0.167 e. The highest BCUT2D eigenvalue weighted by atomic mass is 79.9. The van der Waals surface area contributed by atoms with Gasteiger partial charge < -0.3 is 0 Å². The van der Waals surface area contributed by atoms with Gasteiger partial charge in [0.05, 0.1) is 0 Å². The maximum absolute atomic E-state index is 12.4. The average molecular weight is 360 g/mol. The molecule has 1 aliphatic rings. The number of rotatable bonds is 2. The van der Waals surface area contributed by atoms with Crippen LogP contribution in [0, 0.1) is 11.8 Å². The van der Waals surface area contributed by atoms with Gasteiger partial charge in [-0.25, -0.2) is 0 Å². The number of halogens is 2. The predicted octanol–water partition coefficient (Wildman–Crippen LogP) is 5.22. The molecule has 0 amide bonds. The molecule has 1 saturated carbocycles. The lowest BCUT2D eigenvalue weighted by atomic mass is 9.79. The maximum atomic E-state index is 12.4. The molecule has 92 valence electrons. The van der Waals surface area contributed by atoms with Crippen molar-refractivity contribution in [3.63, 3.8) is 0 Å². The monoisotopic (exact) mass is 358 g/mol. The van der Waals surface area contributed by atoms with Gasteiger partial charge in [0.15, 0.2) is 5.78 Å². The molecule has 0 radical (unpaired) electrons. The Balaban J connectivity index is 2.16.